The van der Waals surface area contributed by atoms with E-state index in [0.717, 1.165) is 0 Å². The molecule has 1 fully saturated rings. The molecule has 2 heterocycles. The first-order valence-corrected chi connectivity index (χ1v) is 6.60. The van der Waals surface area contributed by atoms with Gasteiger partial charge in [0.25, 0.3) is 5.92 Å². The number of hydrogen-bond acceptors (Lipinski definition) is 3. The smallest absolute Gasteiger partial charge is 0.266 e. The van der Waals surface area contributed by atoms with E-state index in [0.29, 0.717) is 11.1 Å². The Morgan fingerprint density at radius 2 is 1.90 bits per heavy atom. The predicted molar refractivity (Wildman–Crippen MR) is 75.8 cm³/mol. The topological polar surface area (TPSA) is 42.1 Å². The molecule has 0 aliphatic carbocycles. The molecule has 0 amide bonds. The molecule has 6 heteroatoms. The highest BCUT2D eigenvalue weighted by Crippen LogP contribution is 2.37. The first kappa shape index (κ1) is 13.7. The lowest BCUT2D eigenvalue weighted by molar-refractivity contribution is 0.0257. The molecule has 21 heavy (non-hydrogen) atoms. The number of anilines is 2. The molecule has 3 rings (SSSR count). The summed E-state index contributed by atoms with van der Waals surface area (Å²) < 4.78 is 40.5. The van der Waals surface area contributed by atoms with Gasteiger partial charge in [0.15, 0.2) is 5.82 Å². The number of alkyl halides is 2. The van der Waals surface area contributed by atoms with Gasteiger partial charge in [-0.25, -0.2) is 18.2 Å². The van der Waals surface area contributed by atoms with Crippen LogP contribution in [0.5, 0.6) is 0 Å². The highest BCUT2D eigenvalue weighted by atomic mass is 19.3. The van der Waals surface area contributed by atoms with Crippen LogP contribution in [0.1, 0.15) is 6.42 Å². The number of nitrogens with zero attached hydrogens (tertiary/aromatic N) is 2. The third-order valence-corrected chi connectivity index (χ3v) is 3.60. The van der Waals surface area contributed by atoms with Crippen molar-refractivity contribution in [2.75, 3.05) is 23.7 Å². The SMILES string of the molecule is Nc1c(-c2ccccc2F)ccnc1N1CCC(F)(F)C1. The third-order valence-electron chi connectivity index (χ3n) is 3.60. The molecule has 2 N–H and O–H groups in total. The van der Waals surface area contributed by atoms with Crippen LogP contribution in [0.15, 0.2) is 36.5 Å². The van der Waals surface area contributed by atoms with Gasteiger partial charge in [-0.1, -0.05) is 18.2 Å². The zero-order valence-corrected chi connectivity index (χ0v) is 11.2. The van der Waals surface area contributed by atoms with Gasteiger partial charge in [0, 0.05) is 30.3 Å². The number of nitrogens with two attached hydrogens (primary N) is 1. The van der Waals surface area contributed by atoms with Gasteiger partial charge in [0.2, 0.25) is 0 Å². The molecular weight excluding hydrogens is 279 g/mol. The number of aromatic nitrogens is 1. The summed E-state index contributed by atoms with van der Waals surface area (Å²) in [5.74, 6) is -2.86. The van der Waals surface area contributed by atoms with Crippen LogP contribution in [0, 0.1) is 5.82 Å². The second-order valence-electron chi connectivity index (χ2n) is 5.10. The van der Waals surface area contributed by atoms with Crippen LogP contribution < -0.4 is 10.6 Å². The Bertz CT molecular complexity index is 673. The van der Waals surface area contributed by atoms with Crippen molar-refractivity contribution in [2.24, 2.45) is 0 Å². The van der Waals surface area contributed by atoms with Gasteiger partial charge < -0.3 is 10.6 Å². The van der Waals surface area contributed by atoms with E-state index < -0.39 is 18.3 Å². The van der Waals surface area contributed by atoms with Crippen LogP contribution in [0.25, 0.3) is 11.1 Å². The largest absolute Gasteiger partial charge is 0.395 e. The minimum atomic E-state index is -2.73. The second-order valence-corrected chi connectivity index (χ2v) is 5.10. The minimum Gasteiger partial charge on any atom is -0.395 e. The van der Waals surface area contributed by atoms with Crippen molar-refractivity contribution >= 4 is 11.5 Å². The van der Waals surface area contributed by atoms with Gasteiger partial charge in [-0.15, -0.1) is 0 Å². The van der Waals surface area contributed by atoms with Crippen molar-refractivity contribution in [2.45, 2.75) is 12.3 Å². The summed E-state index contributed by atoms with van der Waals surface area (Å²) in [4.78, 5) is 5.53. The summed E-state index contributed by atoms with van der Waals surface area (Å²) in [6, 6.07) is 7.80. The summed E-state index contributed by atoms with van der Waals surface area (Å²) in [5, 5.41) is 0. The molecule has 1 aliphatic rings. The Labute approximate surface area is 120 Å². The first-order chi connectivity index (χ1) is 9.98. The molecular formula is C15H14F3N3. The molecule has 0 atom stereocenters. The van der Waals surface area contributed by atoms with Crippen LogP contribution in [0.4, 0.5) is 24.7 Å². The standard InChI is InChI=1S/C15H14F3N3/c16-12-4-2-1-3-10(12)11-5-7-20-14(13(11)19)21-8-6-15(17,18)9-21/h1-5,7H,6,8-9,19H2. The molecule has 0 radical (unpaired) electrons. The maximum atomic E-state index is 13.9. The first-order valence-electron chi connectivity index (χ1n) is 6.60. The van der Waals surface area contributed by atoms with E-state index >= 15 is 0 Å². The molecule has 0 unspecified atom stereocenters. The summed E-state index contributed by atoms with van der Waals surface area (Å²) in [6.45, 7) is -0.226. The summed E-state index contributed by atoms with van der Waals surface area (Å²) in [6.07, 6.45) is 1.24. The lowest BCUT2D eigenvalue weighted by Crippen LogP contribution is -2.26. The normalized spacial score (nSPS) is 17.2. The van der Waals surface area contributed by atoms with E-state index in [-0.39, 0.29) is 24.5 Å². The van der Waals surface area contributed by atoms with Crippen LogP contribution in [-0.2, 0) is 0 Å². The molecule has 1 saturated heterocycles. The quantitative estimate of drug-likeness (QED) is 0.923. The lowest BCUT2D eigenvalue weighted by atomic mass is 10.0. The van der Waals surface area contributed by atoms with Gasteiger partial charge in [-0.2, -0.15) is 0 Å². The number of hydrogen-bond donors (Lipinski definition) is 1. The number of halogens is 3. The van der Waals surface area contributed by atoms with Crippen molar-refractivity contribution < 1.29 is 13.2 Å². The number of nitrogen functional groups attached to an aromatic ring is 1. The molecule has 2 aromatic rings. The fraction of sp³-hybridized carbons (Fsp3) is 0.267. The number of rotatable bonds is 2. The van der Waals surface area contributed by atoms with E-state index in [1.165, 1.54) is 17.2 Å². The summed E-state index contributed by atoms with van der Waals surface area (Å²) in [5.41, 5.74) is 7.06. The van der Waals surface area contributed by atoms with Crippen molar-refractivity contribution in [3.8, 4) is 11.1 Å². The van der Waals surface area contributed by atoms with E-state index in [4.69, 9.17) is 5.73 Å². The van der Waals surface area contributed by atoms with E-state index in [1.807, 2.05) is 0 Å². The van der Waals surface area contributed by atoms with Crippen molar-refractivity contribution in [3.05, 3.63) is 42.3 Å². The van der Waals surface area contributed by atoms with E-state index in [9.17, 15) is 13.2 Å². The average Bonchev–Trinajstić information content (AvgIpc) is 2.80. The minimum absolute atomic E-state index is 0.185. The van der Waals surface area contributed by atoms with Crippen molar-refractivity contribution in [3.63, 3.8) is 0 Å². The zero-order valence-electron chi connectivity index (χ0n) is 11.2. The Morgan fingerprint density at radius 3 is 2.57 bits per heavy atom. The average molecular weight is 293 g/mol. The van der Waals surface area contributed by atoms with Gasteiger partial charge in [-0.05, 0) is 12.1 Å². The molecule has 0 saturated carbocycles. The highest BCUT2D eigenvalue weighted by molar-refractivity contribution is 5.84. The Hall–Kier alpha value is -2.24. The Balaban J connectivity index is 2.02. The Kier molecular flexibility index (Phi) is 3.23. The maximum absolute atomic E-state index is 13.9. The Morgan fingerprint density at radius 1 is 1.14 bits per heavy atom. The van der Waals surface area contributed by atoms with Crippen LogP contribution in [-0.4, -0.2) is 24.0 Å². The van der Waals surface area contributed by atoms with E-state index in [1.54, 1.807) is 24.3 Å². The van der Waals surface area contributed by atoms with Crippen molar-refractivity contribution in [1.82, 2.24) is 4.98 Å². The molecule has 1 aliphatic heterocycles. The van der Waals surface area contributed by atoms with Crippen molar-refractivity contribution in [1.29, 1.82) is 0 Å². The third kappa shape index (κ3) is 2.53. The highest BCUT2D eigenvalue weighted by Gasteiger charge is 2.39. The molecule has 110 valence electrons. The monoisotopic (exact) mass is 293 g/mol. The molecule has 1 aromatic carbocycles. The summed E-state index contributed by atoms with van der Waals surface area (Å²) >= 11 is 0. The fourth-order valence-corrected chi connectivity index (χ4v) is 2.55. The van der Waals surface area contributed by atoms with E-state index in [2.05, 4.69) is 4.98 Å². The van der Waals surface area contributed by atoms with Crippen LogP contribution in [0.2, 0.25) is 0 Å². The summed E-state index contributed by atoms with van der Waals surface area (Å²) in [7, 11) is 0. The number of pyridine rings is 1. The number of benzene rings is 1. The predicted octanol–water partition coefficient (Wildman–Crippen LogP) is 3.32. The molecule has 0 bridgehead atoms. The molecule has 3 nitrogen and oxygen atoms in total. The van der Waals surface area contributed by atoms with Gasteiger partial charge in [0.05, 0.1) is 12.2 Å². The lowest BCUT2D eigenvalue weighted by Gasteiger charge is -2.20. The van der Waals surface area contributed by atoms with Crippen LogP contribution in [0.3, 0.4) is 0 Å². The molecule has 0 spiro atoms. The zero-order chi connectivity index (χ0) is 15.0. The van der Waals surface area contributed by atoms with Crippen LogP contribution >= 0.6 is 0 Å². The maximum Gasteiger partial charge on any atom is 0.266 e. The second kappa shape index (κ2) is 4.95. The van der Waals surface area contributed by atoms with Gasteiger partial charge >= 0.3 is 0 Å². The van der Waals surface area contributed by atoms with Gasteiger partial charge in [0.1, 0.15) is 5.82 Å². The fourth-order valence-electron chi connectivity index (χ4n) is 2.55. The van der Waals surface area contributed by atoms with Gasteiger partial charge in [-0.3, -0.25) is 0 Å². The molecule has 1 aromatic heterocycles.